The number of unbranched alkanes of at least 4 members (excludes halogenated alkanes) is 22. The largest absolute Gasteiger partial charge is 0.472 e. The Kier molecular flexibility index (Phi) is 36.2. The Bertz CT molecular complexity index is 889. The quantitative estimate of drug-likeness (QED) is 0.0219. The number of ether oxygens (including phenoxy) is 2. The third-order valence-corrected chi connectivity index (χ3v) is 10.2. The molecule has 0 aromatic carbocycles. The molecule has 2 atom stereocenters. The van der Waals surface area contributed by atoms with E-state index in [0.717, 1.165) is 32.1 Å². The first kappa shape index (κ1) is 51.0. The van der Waals surface area contributed by atoms with E-state index in [4.69, 9.17) is 18.5 Å². The van der Waals surface area contributed by atoms with Crippen LogP contribution in [0.1, 0.15) is 187 Å². The Morgan fingerprint density at radius 1 is 0.577 bits per heavy atom. The average molecular weight is 759 g/mol. The fraction of sp³-hybridized carbons (Fsp3) is 0.884. The smallest absolute Gasteiger partial charge is 0.457 e. The van der Waals surface area contributed by atoms with Gasteiger partial charge in [0.05, 0.1) is 34.4 Å². The molecule has 52 heavy (non-hydrogen) atoms. The molecule has 0 saturated heterocycles. The second-order valence-corrected chi connectivity index (χ2v) is 17.2. The maximum atomic E-state index is 12.7. The predicted octanol–water partition coefficient (Wildman–Crippen LogP) is 12.4. The molecular formula is C43H85NO7P+. The number of carbonyl (C=O) groups excluding carboxylic acids is 1. The Labute approximate surface area is 322 Å². The molecule has 0 bridgehead atoms. The highest BCUT2D eigenvalue weighted by atomic mass is 31.2. The molecule has 0 rings (SSSR count). The van der Waals surface area contributed by atoms with Gasteiger partial charge < -0.3 is 18.9 Å². The summed E-state index contributed by atoms with van der Waals surface area (Å²) >= 11 is 0. The number of rotatable bonds is 40. The van der Waals surface area contributed by atoms with Crippen molar-refractivity contribution in [3.63, 3.8) is 0 Å². The predicted molar refractivity (Wildman–Crippen MR) is 220 cm³/mol. The van der Waals surface area contributed by atoms with Gasteiger partial charge in [0, 0.05) is 13.0 Å². The molecule has 0 radical (unpaired) electrons. The number of hydrogen-bond acceptors (Lipinski definition) is 6. The number of allylic oxidation sites excluding steroid dienone is 4. The summed E-state index contributed by atoms with van der Waals surface area (Å²) in [5, 5.41) is 0. The van der Waals surface area contributed by atoms with Crippen molar-refractivity contribution in [3.8, 4) is 0 Å². The van der Waals surface area contributed by atoms with Gasteiger partial charge >= 0.3 is 13.8 Å². The Balaban J connectivity index is 4.18. The van der Waals surface area contributed by atoms with Crippen LogP contribution in [0.2, 0.25) is 0 Å². The third-order valence-electron chi connectivity index (χ3n) is 9.22. The van der Waals surface area contributed by atoms with Crippen molar-refractivity contribution in [1.82, 2.24) is 0 Å². The van der Waals surface area contributed by atoms with Crippen LogP contribution in [0.4, 0.5) is 0 Å². The maximum Gasteiger partial charge on any atom is 0.472 e. The second-order valence-electron chi connectivity index (χ2n) is 15.7. The average Bonchev–Trinajstić information content (AvgIpc) is 3.09. The van der Waals surface area contributed by atoms with Crippen molar-refractivity contribution in [1.29, 1.82) is 0 Å². The van der Waals surface area contributed by atoms with Gasteiger partial charge in [-0.25, -0.2) is 4.57 Å². The van der Waals surface area contributed by atoms with E-state index in [9.17, 15) is 14.3 Å². The standard InChI is InChI=1S/C43H84NO7P/c1-6-8-10-12-14-16-18-19-20-21-22-23-24-25-26-28-30-32-34-36-43(45)51-42(41-50-52(46,47)49-39-37-44(3,4)5)40-48-38-35-33-31-29-27-17-15-13-11-9-7-2/h11,13,19-20,42H,6-10,12,14-18,21-41H2,1-5H3/p+1/b13-11-,20-19-. The van der Waals surface area contributed by atoms with Gasteiger partial charge in [0.15, 0.2) is 0 Å². The van der Waals surface area contributed by atoms with E-state index < -0.39 is 13.9 Å². The van der Waals surface area contributed by atoms with E-state index in [0.29, 0.717) is 24.1 Å². The summed E-state index contributed by atoms with van der Waals surface area (Å²) in [6.07, 6.45) is 40.6. The van der Waals surface area contributed by atoms with E-state index in [2.05, 4.69) is 38.2 Å². The molecule has 0 heterocycles. The molecule has 308 valence electrons. The van der Waals surface area contributed by atoms with E-state index in [1.165, 1.54) is 135 Å². The van der Waals surface area contributed by atoms with Crippen molar-refractivity contribution in [2.45, 2.75) is 193 Å². The van der Waals surface area contributed by atoms with Crippen LogP contribution in [0.15, 0.2) is 24.3 Å². The van der Waals surface area contributed by atoms with Gasteiger partial charge in [-0.1, -0.05) is 147 Å². The molecule has 9 heteroatoms. The van der Waals surface area contributed by atoms with Crippen molar-refractivity contribution in [2.24, 2.45) is 0 Å². The summed E-state index contributed by atoms with van der Waals surface area (Å²) in [6.45, 7) is 5.56. The zero-order valence-corrected chi connectivity index (χ0v) is 35.7. The van der Waals surface area contributed by atoms with Crippen LogP contribution in [-0.4, -0.2) is 75.6 Å². The van der Waals surface area contributed by atoms with Gasteiger partial charge in [0.1, 0.15) is 19.3 Å². The Hall–Kier alpha value is -1.02. The summed E-state index contributed by atoms with van der Waals surface area (Å²) in [4.78, 5) is 22.8. The fourth-order valence-corrected chi connectivity index (χ4v) is 6.58. The lowest BCUT2D eigenvalue weighted by Crippen LogP contribution is -2.37. The van der Waals surface area contributed by atoms with Crippen LogP contribution >= 0.6 is 7.82 Å². The monoisotopic (exact) mass is 759 g/mol. The van der Waals surface area contributed by atoms with Crippen molar-refractivity contribution < 1.29 is 37.3 Å². The molecule has 2 unspecified atom stereocenters. The molecule has 0 aliphatic rings. The number of phosphoric acid groups is 1. The first-order chi connectivity index (χ1) is 25.1. The highest BCUT2D eigenvalue weighted by molar-refractivity contribution is 7.47. The Morgan fingerprint density at radius 2 is 1.04 bits per heavy atom. The number of carbonyl (C=O) groups is 1. The summed E-state index contributed by atoms with van der Waals surface area (Å²) in [5.74, 6) is -0.318. The van der Waals surface area contributed by atoms with Crippen LogP contribution in [0, 0.1) is 0 Å². The molecule has 0 aliphatic heterocycles. The highest BCUT2D eigenvalue weighted by Gasteiger charge is 2.26. The molecular weight excluding hydrogens is 673 g/mol. The van der Waals surface area contributed by atoms with Crippen molar-refractivity contribution in [2.75, 3.05) is 54.1 Å². The lowest BCUT2D eigenvalue weighted by atomic mass is 10.1. The summed E-state index contributed by atoms with van der Waals surface area (Å²) in [5.41, 5.74) is 0. The molecule has 8 nitrogen and oxygen atoms in total. The molecule has 1 N–H and O–H groups in total. The highest BCUT2D eigenvalue weighted by Crippen LogP contribution is 2.43. The third kappa shape index (κ3) is 40.2. The lowest BCUT2D eigenvalue weighted by Gasteiger charge is -2.24. The van der Waals surface area contributed by atoms with Gasteiger partial charge in [-0.3, -0.25) is 13.8 Å². The summed E-state index contributed by atoms with van der Waals surface area (Å²) < 4.78 is 34.9. The number of likely N-dealkylation sites (N-methyl/N-ethyl adjacent to an activating group) is 1. The van der Waals surface area contributed by atoms with Gasteiger partial charge in [-0.15, -0.1) is 0 Å². The van der Waals surface area contributed by atoms with Crippen LogP contribution in [0.5, 0.6) is 0 Å². The van der Waals surface area contributed by atoms with Gasteiger partial charge in [-0.05, 0) is 57.8 Å². The maximum absolute atomic E-state index is 12.7. The normalized spacial score (nSPS) is 14.0. The van der Waals surface area contributed by atoms with E-state index in [1.807, 2.05) is 21.1 Å². The van der Waals surface area contributed by atoms with Gasteiger partial charge in [0.2, 0.25) is 0 Å². The molecule has 0 saturated carbocycles. The van der Waals surface area contributed by atoms with E-state index >= 15 is 0 Å². The zero-order chi connectivity index (χ0) is 38.4. The second kappa shape index (κ2) is 36.9. The number of phosphoric ester groups is 1. The number of esters is 1. The van der Waals surface area contributed by atoms with Crippen LogP contribution < -0.4 is 0 Å². The number of hydrogen-bond donors (Lipinski definition) is 1. The zero-order valence-electron chi connectivity index (χ0n) is 34.8. The van der Waals surface area contributed by atoms with Crippen molar-refractivity contribution in [3.05, 3.63) is 24.3 Å². The van der Waals surface area contributed by atoms with Crippen LogP contribution in [0.25, 0.3) is 0 Å². The fourth-order valence-electron chi connectivity index (χ4n) is 5.84. The minimum absolute atomic E-state index is 0.0881. The van der Waals surface area contributed by atoms with E-state index in [-0.39, 0.29) is 25.8 Å². The molecule has 0 spiro atoms. The molecule has 0 aromatic rings. The first-order valence-electron chi connectivity index (χ1n) is 21.6. The van der Waals surface area contributed by atoms with Gasteiger partial charge in [-0.2, -0.15) is 0 Å². The molecule has 0 aliphatic carbocycles. The molecule has 0 amide bonds. The Morgan fingerprint density at radius 3 is 1.54 bits per heavy atom. The molecule has 0 aromatic heterocycles. The first-order valence-corrected chi connectivity index (χ1v) is 23.1. The lowest BCUT2D eigenvalue weighted by molar-refractivity contribution is -0.870. The summed E-state index contributed by atoms with van der Waals surface area (Å²) in [6, 6.07) is 0. The van der Waals surface area contributed by atoms with E-state index in [1.54, 1.807) is 0 Å². The van der Waals surface area contributed by atoms with Crippen molar-refractivity contribution >= 4 is 13.8 Å². The number of nitrogens with zero attached hydrogens (tertiary/aromatic N) is 1. The number of quaternary nitrogens is 1. The van der Waals surface area contributed by atoms with Crippen LogP contribution in [0.3, 0.4) is 0 Å². The summed E-state index contributed by atoms with van der Waals surface area (Å²) in [7, 11) is 1.66. The minimum atomic E-state index is -4.27. The van der Waals surface area contributed by atoms with Gasteiger partial charge in [0.25, 0.3) is 0 Å². The SMILES string of the molecule is CCC/C=C\CCCCCCCCOCC(COP(=O)(O)OCC[N+](C)(C)C)OC(=O)CCCCCCCCCCC/C=C\CCCCCCCC. The topological polar surface area (TPSA) is 91.3 Å². The molecule has 0 fully saturated rings. The van der Waals surface area contributed by atoms with Crippen LogP contribution in [-0.2, 0) is 27.9 Å². The minimum Gasteiger partial charge on any atom is -0.457 e.